The summed E-state index contributed by atoms with van der Waals surface area (Å²) in [5.41, 5.74) is 3.12. The molecule has 0 saturated heterocycles. The Morgan fingerprint density at radius 3 is 3.00 bits per heavy atom. The van der Waals surface area contributed by atoms with Crippen LogP contribution in [0, 0.1) is 0 Å². The highest BCUT2D eigenvalue weighted by Crippen LogP contribution is 2.42. The van der Waals surface area contributed by atoms with E-state index in [0.29, 0.717) is 0 Å². The number of nitrogens with one attached hydrogen (secondary N) is 1. The molecule has 1 fully saturated rings. The summed E-state index contributed by atoms with van der Waals surface area (Å²) in [6.45, 7) is 1.04. The molecule has 1 saturated carbocycles. The Hall–Kier alpha value is -0.340. The molecule has 1 aromatic rings. The van der Waals surface area contributed by atoms with E-state index in [0.717, 1.165) is 12.5 Å². The standard InChI is InChI=1S/C9H13NS/c1-10-4-8-5-11-6-9(8)7-2-3-7/h5-7,10H,2-4H2,1H3. The molecule has 11 heavy (non-hydrogen) atoms. The van der Waals surface area contributed by atoms with E-state index in [2.05, 4.69) is 16.1 Å². The van der Waals surface area contributed by atoms with Gasteiger partial charge in [0.2, 0.25) is 0 Å². The van der Waals surface area contributed by atoms with Crippen LogP contribution in [0.25, 0.3) is 0 Å². The van der Waals surface area contributed by atoms with Crippen molar-refractivity contribution in [2.45, 2.75) is 25.3 Å². The van der Waals surface area contributed by atoms with E-state index in [9.17, 15) is 0 Å². The SMILES string of the molecule is CNCc1cscc1C1CC1. The first-order valence-corrected chi connectivity index (χ1v) is 5.05. The molecular formula is C9H13NS. The van der Waals surface area contributed by atoms with Gasteiger partial charge in [-0.2, -0.15) is 11.3 Å². The average molecular weight is 167 g/mol. The maximum Gasteiger partial charge on any atom is 0.0213 e. The minimum Gasteiger partial charge on any atom is -0.316 e. The van der Waals surface area contributed by atoms with Crippen molar-refractivity contribution in [3.63, 3.8) is 0 Å². The lowest BCUT2D eigenvalue weighted by Gasteiger charge is -1.99. The van der Waals surface area contributed by atoms with E-state index in [4.69, 9.17) is 0 Å². The molecule has 60 valence electrons. The van der Waals surface area contributed by atoms with Gasteiger partial charge in [-0.05, 0) is 47.7 Å². The Bertz CT molecular complexity index is 237. The van der Waals surface area contributed by atoms with Gasteiger partial charge in [0.1, 0.15) is 0 Å². The Balaban J connectivity index is 2.16. The number of rotatable bonds is 3. The first-order valence-electron chi connectivity index (χ1n) is 4.11. The van der Waals surface area contributed by atoms with Crippen LogP contribution in [0.1, 0.15) is 29.9 Å². The van der Waals surface area contributed by atoms with E-state index in [1.807, 2.05) is 18.4 Å². The average Bonchev–Trinajstić information content (AvgIpc) is 2.75. The van der Waals surface area contributed by atoms with Gasteiger partial charge in [-0.1, -0.05) is 0 Å². The van der Waals surface area contributed by atoms with Gasteiger partial charge in [-0.15, -0.1) is 0 Å². The third-order valence-electron chi connectivity index (χ3n) is 2.16. The lowest BCUT2D eigenvalue weighted by Crippen LogP contribution is -2.05. The molecule has 0 spiro atoms. The molecule has 1 nitrogen and oxygen atoms in total. The second-order valence-corrected chi connectivity index (χ2v) is 3.90. The van der Waals surface area contributed by atoms with Gasteiger partial charge in [-0.3, -0.25) is 0 Å². The van der Waals surface area contributed by atoms with Crippen molar-refractivity contribution in [1.29, 1.82) is 0 Å². The van der Waals surface area contributed by atoms with Gasteiger partial charge >= 0.3 is 0 Å². The number of hydrogen-bond donors (Lipinski definition) is 1. The maximum atomic E-state index is 3.20. The molecule has 2 rings (SSSR count). The number of hydrogen-bond acceptors (Lipinski definition) is 2. The highest BCUT2D eigenvalue weighted by molar-refractivity contribution is 7.08. The Morgan fingerprint density at radius 1 is 1.55 bits per heavy atom. The third kappa shape index (κ3) is 1.47. The van der Waals surface area contributed by atoms with Gasteiger partial charge in [0.15, 0.2) is 0 Å². The molecule has 0 aliphatic heterocycles. The zero-order valence-corrected chi connectivity index (χ0v) is 7.58. The lowest BCUT2D eigenvalue weighted by atomic mass is 10.1. The molecule has 0 atom stereocenters. The fraction of sp³-hybridized carbons (Fsp3) is 0.556. The molecular weight excluding hydrogens is 154 g/mol. The largest absolute Gasteiger partial charge is 0.316 e. The first-order chi connectivity index (χ1) is 5.42. The van der Waals surface area contributed by atoms with E-state index >= 15 is 0 Å². The summed E-state index contributed by atoms with van der Waals surface area (Å²) >= 11 is 1.83. The van der Waals surface area contributed by atoms with Crippen molar-refractivity contribution in [1.82, 2.24) is 5.32 Å². The van der Waals surface area contributed by atoms with E-state index in [-0.39, 0.29) is 0 Å². The topological polar surface area (TPSA) is 12.0 Å². The molecule has 0 bridgehead atoms. The predicted octanol–water partition coefficient (Wildman–Crippen LogP) is 2.34. The summed E-state index contributed by atoms with van der Waals surface area (Å²) in [4.78, 5) is 0. The minimum atomic E-state index is 0.907. The molecule has 0 unspecified atom stereocenters. The quantitative estimate of drug-likeness (QED) is 0.728. The second kappa shape index (κ2) is 2.95. The van der Waals surface area contributed by atoms with Gasteiger partial charge < -0.3 is 5.32 Å². The zero-order chi connectivity index (χ0) is 7.68. The summed E-state index contributed by atoms with van der Waals surface area (Å²) in [5, 5.41) is 7.78. The molecule has 0 aromatic carbocycles. The molecule has 1 aliphatic carbocycles. The van der Waals surface area contributed by atoms with Crippen LogP contribution in [0.5, 0.6) is 0 Å². The fourth-order valence-electron chi connectivity index (χ4n) is 1.42. The van der Waals surface area contributed by atoms with Crippen molar-refractivity contribution in [2.24, 2.45) is 0 Å². The summed E-state index contributed by atoms with van der Waals surface area (Å²) < 4.78 is 0. The van der Waals surface area contributed by atoms with Crippen LogP contribution in [-0.2, 0) is 6.54 Å². The summed E-state index contributed by atoms with van der Waals surface area (Å²) in [5.74, 6) is 0.907. The Morgan fingerprint density at radius 2 is 2.36 bits per heavy atom. The molecule has 1 aliphatic rings. The van der Waals surface area contributed by atoms with Gasteiger partial charge in [0, 0.05) is 6.54 Å². The van der Waals surface area contributed by atoms with Crippen molar-refractivity contribution in [3.05, 3.63) is 21.9 Å². The van der Waals surface area contributed by atoms with Crippen LogP contribution in [0.2, 0.25) is 0 Å². The molecule has 1 aromatic heterocycles. The van der Waals surface area contributed by atoms with Crippen molar-refractivity contribution < 1.29 is 0 Å². The normalized spacial score (nSPS) is 17.2. The Kier molecular flexibility index (Phi) is 1.96. The van der Waals surface area contributed by atoms with Gasteiger partial charge in [0.25, 0.3) is 0 Å². The van der Waals surface area contributed by atoms with Gasteiger partial charge in [-0.25, -0.2) is 0 Å². The molecule has 1 heterocycles. The van der Waals surface area contributed by atoms with Crippen LogP contribution in [0.4, 0.5) is 0 Å². The van der Waals surface area contributed by atoms with Crippen molar-refractivity contribution in [2.75, 3.05) is 7.05 Å². The maximum absolute atomic E-state index is 3.20. The van der Waals surface area contributed by atoms with Crippen LogP contribution < -0.4 is 5.32 Å². The molecule has 0 radical (unpaired) electrons. The van der Waals surface area contributed by atoms with E-state index < -0.39 is 0 Å². The highest BCUT2D eigenvalue weighted by atomic mass is 32.1. The predicted molar refractivity (Wildman–Crippen MR) is 49.1 cm³/mol. The van der Waals surface area contributed by atoms with Crippen LogP contribution in [0.15, 0.2) is 10.8 Å². The smallest absolute Gasteiger partial charge is 0.0213 e. The molecule has 2 heteroatoms. The highest BCUT2D eigenvalue weighted by Gasteiger charge is 2.25. The van der Waals surface area contributed by atoms with Crippen LogP contribution >= 0.6 is 11.3 Å². The molecule has 1 N–H and O–H groups in total. The second-order valence-electron chi connectivity index (χ2n) is 3.16. The summed E-state index contributed by atoms with van der Waals surface area (Å²) in [7, 11) is 2.01. The van der Waals surface area contributed by atoms with Gasteiger partial charge in [0.05, 0.1) is 0 Å². The zero-order valence-electron chi connectivity index (χ0n) is 6.76. The monoisotopic (exact) mass is 167 g/mol. The lowest BCUT2D eigenvalue weighted by molar-refractivity contribution is 0.809. The first kappa shape index (κ1) is 7.32. The van der Waals surface area contributed by atoms with Crippen molar-refractivity contribution >= 4 is 11.3 Å². The van der Waals surface area contributed by atoms with E-state index in [1.54, 1.807) is 5.56 Å². The minimum absolute atomic E-state index is 0.907. The Labute approximate surface area is 71.4 Å². The summed E-state index contributed by atoms with van der Waals surface area (Å²) in [6, 6.07) is 0. The van der Waals surface area contributed by atoms with Crippen LogP contribution in [0.3, 0.4) is 0 Å². The summed E-state index contributed by atoms with van der Waals surface area (Å²) in [6.07, 6.45) is 2.82. The fourth-order valence-corrected chi connectivity index (χ4v) is 2.36. The van der Waals surface area contributed by atoms with Crippen molar-refractivity contribution in [3.8, 4) is 0 Å². The third-order valence-corrected chi connectivity index (χ3v) is 2.97. The van der Waals surface area contributed by atoms with E-state index in [1.165, 1.54) is 18.4 Å². The van der Waals surface area contributed by atoms with Crippen LogP contribution in [-0.4, -0.2) is 7.05 Å². The molecule has 0 amide bonds. The number of thiophene rings is 1.